The van der Waals surface area contributed by atoms with E-state index in [2.05, 4.69) is 15.9 Å². The maximum Gasteiger partial charge on any atom is 0.0846 e. The van der Waals surface area contributed by atoms with E-state index in [4.69, 9.17) is 0 Å². The van der Waals surface area contributed by atoms with Crippen LogP contribution in [-0.4, -0.2) is 5.11 Å². The third-order valence-electron chi connectivity index (χ3n) is 2.22. The third kappa shape index (κ3) is 2.12. The summed E-state index contributed by atoms with van der Waals surface area (Å²) >= 11 is 3.46. The van der Waals surface area contributed by atoms with Crippen LogP contribution in [0, 0.1) is 13.8 Å². The molecule has 1 aromatic carbocycles. The van der Waals surface area contributed by atoms with Crippen LogP contribution in [0.1, 0.15) is 30.5 Å². The van der Waals surface area contributed by atoms with Crippen molar-refractivity contribution in [3.63, 3.8) is 0 Å². The molecule has 0 saturated carbocycles. The van der Waals surface area contributed by atoms with Crippen molar-refractivity contribution >= 4 is 15.9 Å². The second-order valence-electron chi connectivity index (χ2n) is 3.92. The van der Waals surface area contributed by atoms with Crippen LogP contribution in [-0.2, 0) is 5.60 Å². The average molecular weight is 243 g/mol. The van der Waals surface area contributed by atoms with Crippen molar-refractivity contribution in [2.45, 2.75) is 33.3 Å². The smallest absolute Gasteiger partial charge is 0.0846 e. The van der Waals surface area contributed by atoms with Gasteiger partial charge in [0.1, 0.15) is 0 Å². The van der Waals surface area contributed by atoms with Gasteiger partial charge in [-0.05, 0) is 50.5 Å². The van der Waals surface area contributed by atoms with E-state index in [1.54, 1.807) is 0 Å². The number of hydrogen-bond acceptors (Lipinski definition) is 1. The van der Waals surface area contributed by atoms with Gasteiger partial charge in [0, 0.05) is 4.47 Å². The van der Waals surface area contributed by atoms with Gasteiger partial charge < -0.3 is 5.11 Å². The third-order valence-corrected chi connectivity index (χ3v) is 3.08. The zero-order valence-corrected chi connectivity index (χ0v) is 10.1. The fraction of sp³-hybridized carbons (Fsp3) is 0.455. The monoisotopic (exact) mass is 242 g/mol. The Morgan fingerprint density at radius 3 is 2.15 bits per heavy atom. The summed E-state index contributed by atoms with van der Waals surface area (Å²) in [6.07, 6.45) is 0. The normalized spacial score (nSPS) is 11.8. The fourth-order valence-electron chi connectivity index (χ4n) is 1.76. The lowest BCUT2D eigenvalue weighted by Crippen LogP contribution is -2.19. The second kappa shape index (κ2) is 3.43. The zero-order valence-electron chi connectivity index (χ0n) is 8.48. The van der Waals surface area contributed by atoms with Crippen LogP contribution in [0.25, 0.3) is 0 Å². The number of hydrogen-bond donors (Lipinski definition) is 1. The minimum absolute atomic E-state index is 0.766. The number of halogens is 1. The molecule has 1 aromatic rings. The molecule has 0 aliphatic carbocycles. The van der Waals surface area contributed by atoms with Crippen LogP contribution in [0.4, 0.5) is 0 Å². The molecule has 0 atom stereocenters. The molecule has 0 spiro atoms. The number of benzene rings is 1. The number of aliphatic hydroxyl groups is 1. The van der Waals surface area contributed by atoms with Gasteiger partial charge in [0.15, 0.2) is 0 Å². The van der Waals surface area contributed by atoms with E-state index in [1.807, 2.05) is 39.8 Å². The molecule has 1 N–H and O–H groups in total. The highest BCUT2D eigenvalue weighted by molar-refractivity contribution is 9.10. The highest BCUT2D eigenvalue weighted by atomic mass is 79.9. The zero-order chi connectivity index (χ0) is 10.2. The molecule has 1 rings (SSSR count). The second-order valence-corrected chi connectivity index (χ2v) is 4.78. The van der Waals surface area contributed by atoms with Crippen LogP contribution in [0.5, 0.6) is 0 Å². The Bertz CT molecular complexity index is 324. The van der Waals surface area contributed by atoms with Crippen LogP contribution in [0.3, 0.4) is 0 Å². The van der Waals surface area contributed by atoms with Crippen molar-refractivity contribution in [1.82, 2.24) is 0 Å². The summed E-state index contributed by atoms with van der Waals surface area (Å²) in [5, 5.41) is 9.95. The Hall–Kier alpha value is -0.340. The molecule has 13 heavy (non-hydrogen) atoms. The van der Waals surface area contributed by atoms with Crippen LogP contribution in [0.2, 0.25) is 0 Å². The van der Waals surface area contributed by atoms with Gasteiger partial charge in [0.2, 0.25) is 0 Å². The van der Waals surface area contributed by atoms with Crippen molar-refractivity contribution in [2.24, 2.45) is 0 Å². The van der Waals surface area contributed by atoms with Gasteiger partial charge in [0.05, 0.1) is 5.60 Å². The molecular formula is C11H15BrO. The van der Waals surface area contributed by atoms with Gasteiger partial charge in [-0.1, -0.05) is 22.0 Å². The predicted octanol–water partition coefficient (Wildman–Crippen LogP) is 3.29. The van der Waals surface area contributed by atoms with Crippen LogP contribution < -0.4 is 0 Å². The Morgan fingerprint density at radius 2 is 1.77 bits per heavy atom. The van der Waals surface area contributed by atoms with E-state index < -0.39 is 5.60 Å². The first-order chi connectivity index (χ1) is 5.84. The van der Waals surface area contributed by atoms with Gasteiger partial charge >= 0.3 is 0 Å². The number of rotatable bonds is 1. The molecule has 0 saturated heterocycles. The molecular weight excluding hydrogens is 228 g/mol. The van der Waals surface area contributed by atoms with E-state index in [-0.39, 0.29) is 0 Å². The first kappa shape index (κ1) is 10.7. The summed E-state index contributed by atoms with van der Waals surface area (Å²) in [5.41, 5.74) is 2.50. The van der Waals surface area contributed by atoms with Crippen LogP contribution >= 0.6 is 15.9 Å². The van der Waals surface area contributed by atoms with Gasteiger partial charge in [-0.3, -0.25) is 0 Å². The van der Waals surface area contributed by atoms with Gasteiger partial charge in [-0.15, -0.1) is 0 Å². The largest absolute Gasteiger partial charge is 0.386 e. The summed E-state index contributed by atoms with van der Waals surface area (Å²) in [6, 6.07) is 4.03. The lowest BCUT2D eigenvalue weighted by atomic mass is 9.90. The minimum Gasteiger partial charge on any atom is -0.386 e. The molecule has 0 unspecified atom stereocenters. The first-order valence-corrected chi connectivity index (χ1v) is 5.12. The Balaban J connectivity index is 3.43. The SMILES string of the molecule is Cc1ccc(Br)c(C)c1C(C)(C)O. The van der Waals surface area contributed by atoms with Gasteiger partial charge in [0.25, 0.3) is 0 Å². The van der Waals surface area contributed by atoms with Crippen molar-refractivity contribution in [2.75, 3.05) is 0 Å². The molecule has 1 nitrogen and oxygen atoms in total. The summed E-state index contributed by atoms with van der Waals surface area (Å²) < 4.78 is 1.05. The van der Waals surface area contributed by atoms with Gasteiger partial charge in [-0.2, -0.15) is 0 Å². The molecule has 0 aliphatic heterocycles. The van der Waals surface area contributed by atoms with Crippen molar-refractivity contribution in [3.8, 4) is 0 Å². The fourth-order valence-corrected chi connectivity index (χ4v) is 2.09. The quantitative estimate of drug-likeness (QED) is 0.802. The lowest BCUT2D eigenvalue weighted by Gasteiger charge is -2.23. The molecule has 0 bridgehead atoms. The van der Waals surface area contributed by atoms with Crippen molar-refractivity contribution < 1.29 is 5.11 Å². The molecule has 0 amide bonds. The van der Waals surface area contributed by atoms with E-state index in [9.17, 15) is 5.11 Å². The highest BCUT2D eigenvalue weighted by Crippen LogP contribution is 2.31. The van der Waals surface area contributed by atoms with Crippen LogP contribution in [0.15, 0.2) is 16.6 Å². The number of aryl methyl sites for hydroxylation is 1. The molecule has 0 radical (unpaired) electrons. The molecule has 2 heteroatoms. The molecule has 0 aromatic heterocycles. The van der Waals surface area contributed by atoms with Gasteiger partial charge in [-0.25, -0.2) is 0 Å². The Morgan fingerprint density at radius 1 is 1.23 bits per heavy atom. The lowest BCUT2D eigenvalue weighted by molar-refractivity contribution is 0.0772. The van der Waals surface area contributed by atoms with Crippen molar-refractivity contribution in [3.05, 3.63) is 33.3 Å². The maximum atomic E-state index is 9.95. The Kier molecular flexibility index (Phi) is 2.83. The molecule has 72 valence electrons. The average Bonchev–Trinajstić information content (AvgIpc) is 1.95. The molecule has 0 fully saturated rings. The van der Waals surface area contributed by atoms with E-state index in [0.29, 0.717) is 0 Å². The predicted molar refractivity (Wildman–Crippen MR) is 58.9 cm³/mol. The summed E-state index contributed by atoms with van der Waals surface area (Å²) in [7, 11) is 0. The van der Waals surface area contributed by atoms with E-state index in [0.717, 1.165) is 21.2 Å². The summed E-state index contributed by atoms with van der Waals surface area (Å²) in [4.78, 5) is 0. The molecule has 0 heterocycles. The standard InChI is InChI=1S/C11H15BrO/c1-7-5-6-9(12)8(2)10(7)11(3,4)13/h5-6,13H,1-4H3. The minimum atomic E-state index is -0.766. The highest BCUT2D eigenvalue weighted by Gasteiger charge is 2.21. The first-order valence-electron chi connectivity index (χ1n) is 4.32. The Labute approximate surface area is 87.9 Å². The maximum absolute atomic E-state index is 9.95. The topological polar surface area (TPSA) is 20.2 Å². The summed E-state index contributed by atoms with van der Waals surface area (Å²) in [5.74, 6) is 0. The van der Waals surface area contributed by atoms with Crippen molar-refractivity contribution in [1.29, 1.82) is 0 Å². The molecule has 0 aliphatic rings. The van der Waals surface area contributed by atoms with E-state index >= 15 is 0 Å². The summed E-state index contributed by atoms with van der Waals surface area (Å²) in [6.45, 7) is 7.67. The van der Waals surface area contributed by atoms with E-state index in [1.165, 1.54) is 0 Å².